The van der Waals surface area contributed by atoms with Crippen LogP contribution in [0.5, 0.6) is 0 Å². The minimum Gasteiger partial charge on any atom is -0.480 e. The number of carbonyl (C=O) groups excluding carboxylic acids is 1. The molecule has 0 aromatic rings. The van der Waals surface area contributed by atoms with Gasteiger partial charge in [0.1, 0.15) is 6.54 Å². The number of hydrogen-bond acceptors (Lipinski definition) is 4. The number of alkyl halides is 3. The van der Waals surface area contributed by atoms with E-state index in [0.29, 0.717) is 0 Å². The van der Waals surface area contributed by atoms with Gasteiger partial charge >= 0.3 is 24.0 Å². The molecule has 5 N–H and O–H groups in total. The van der Waals surface area contributed by atoms with E-state index in [4.69, 9.17) is 10.2 Å². The van der Waals surface area contributed by atoms with Gasteiger partial charge < -0.3 is 21.3 Å². The lowest BCUT2D eigenvalue weighted by Gasteiger charge is -2.04. The summed E-state index contributed by atoms with van der Waals surface area (Å²) >= 11 is 0. The van der Waals surface area contributed by atoms with Crippen LogP contribution in [0, 0.1) is 0 Å². The van der Waals surface area contributed by atoms with Gasteiger partial charge in [0.15, 0.2) is 0 Å². The summed E-state index contributed by atoms with van der Waals surface area (Å²) in [4.78, 5) is 28.8. The summed E-state index contributed by atoms with van der Waals surface area (Å²) in [5, 5.41) is 16.6. The van der Waals surface area contributed by atoms with Crippen LogP contribution in [0.4, 0.5) is 13.2 Å². The van der Waals surface area contributed by atoms with Crippen molar-refractivity contribution in [1.82, 2.24) is 5.32 Å². The Morgan fingerprint density at radius 3 is 1.69 bits per heavy atom. The molecule has 0 fully saturated rings. The molecule has 0 aliphatic heterocycles. The van der Waals surface area contributed by atoms with Gasteiger partial charge in [0.2, 0.25) is 0 Å². The Balaban J connectivity index is 0. The fourth-order valence-electron chi connectivity index (χ4n) is 0.256. The fourth-order valence-corrected chi connectivity index (χ4v) is 0.256. The third-order valence-electron chi connectivity index (χ3n) is 0.832. The van der Waals surface area contributed by atoms with E-state index in [0.717, 1.165) is 5.32 Å². The van der Waals surface area contributed by atoms with Crippen LogP contribution in [0.2, 0.25) is 0 Å². The summed E-state index contributed by atoms with van der Waals surface area (Å²) in [5.41, 5.74) is 4.57. The van der Waals surface area contributed by atoms with Gasteiger partial charge in [-0.15, -0.1) is 0 Å². The van der Waals surface area contributed by atoms with E-state index in [-0.39, 0.29) is 6.54 Å². The fraction of sp³-hybridized carbons (Fsp3) is 0.500. The minimum atomic E-state index is -5.02. The average Bonchev–Trinajstić information content (AvgIpc) is 2.13. The van der Waals surface area contributed by atoms with Crippen LogP contribution in [0.3, 0.4) is 0 Å². The number of carboxylic acid groups (broad SMARTS) is 2. The van der Waals surface area contributed by atoms with Gasteiger partial charge in [-0.1, -0.05) is 0 Å². The predicted octanol–water partition coefficient (Wildman–Crippen LogP) is -1.22. The largest absolute Gasteiger partial charge is 0.480 e. The predicted molar refractivity (Wildman–Crippen MR) is 43.4 cm³/mol. The molecule has 0 heterocycles. The highest BCUT2D eigenvalue weighted by molar-refractivity contribution is 5.85. The molecule has 7 nitrogen and oxygen atoms in total. The molecule has 0 aliphatic carbocycles. The number of carboxylic acids is 2. The van der Waals surface area contributed by atoms with Crippen LogP contribution in [0.15, 0.2) is 0 Å². The normalized spacial score (nSPS) is 9.75. The molecule has 0 rings (SSSR count). The van der Waals surface area contributed by atoms with Crippen molar-refractivity contribution in [2.75, 3.05) is 13.1 Å². The summed E-state index contributed by atoms with van der Waals surface area (Å²) in [5.74, 6) is -4.74. The first-order chi connectivity index (χ1) is 7.11. The maximum Gasteiger partial charge on any atom is 0.471 e. The number of halogens is 3. The molecule has 10 heteroatoms. The zero-order chi connectivity index (χ0) is 13.4. The zero-order valence-corrected chi connectivity index (χ0v) is 7.74. The maximum absolute atomic E-state index is 11.3. The van der Waals surface area contributed by atoms with E-state index in [2.05, 4.69) is 5.73 Å². The van der Waals surface area contributed by atoms with E-state index < -0.39 is 30.6 Å². The monoisotopic (exact) mass is 246 g/mol. The standard InChI is InChI=1S/C4H4F3NO3.C2H5NO2/c5-4(6,7)3(11)8-1-2(9)10;3-1-2(4)5/h1H2,(H,8,11)(H,9,10);1,3H2,(H,4,5). The lowest BCUT2D eigenvalue weighted by Crippen LogP contribution is -2.39. The zero-order valence-electron chi connectivity index (χ0n) is 7.74. The number of nitrogens with one attached hydrogen (secondary N) is 1. The van der Waals surface area contributed by atoms with Gasteiger partial charge in [-0.25, -0.2) is 0 Å². The molecule has 0 aromatic carbocycles. The van der Waals surface area contributed by atoms with Crippen LogP contribution in [-0.2, 0) is 14.4 Å². The molecular weight excluding hydrogens is 237 g/mol. The van der Waals surface area contributed by atoms with E-state index in [1.165, 1.54) is 0 Å². The van der Waals surface area contributed by atoms with E-state index >= 15 is 0 Å². The molecule has 1 amide bonds. The Hall–Kier alpha value is -1.84. The number of carbonyl (C=O) groups is 3. The van der Waals surface area contributed by atoms with Crippen LogP contribution in [0.1, 0.15) is 0 Å². The van der Waals surface area contributed by atoms with Gasteiger partial charge in [-0.05, 0) is 0 Å². The molecule has 0 spiro atoms. The first-order valence-corrected chi connectivity index (χ1v) is 3.60. The van der Waals surface area contributed by atoms with Gasteiger partial charge in [-0.2, -0.15) is 13.2 Å². The van der Waals surface area contributed by atoms with Crippen molar-refractivity contribution >= 4 is 17.8 Å². The number of amides is 1. The SMILES string of the molecule is NCC(=O)O.O=C(O)CNC(=O)C(F)(F)F. The average molecular weight is 246 g/mol. The summed E-state index contributed by atoms with van der Waals surface area (Å²) in [7, 11) is 0. The van der Waals surface area contributed by atoms with Crippen LogP contribution in [0.25, 0.3) is 0 Å². The van der Waals surface area contributed by atoms with E-state index in [9.17, 15) is 27.6 Å². The topological polar surface area (TPSA) is 130 Å². The minimum absolute atomic E-state index is 0.278. The second kappa shape index (κ2) is 7.45. The Bertz CT molecular complexity index is 265. The summed E-state index contributed by atoms with van der Waals surface area (Å²) < 4.78 is 33.9. The van der Waals surface area contributed by atoms with Crippen molar-refractivity contribution in [2.24, 2.45) is 5.73 Å². The Labute approximate surface area is 87.0 Å². The van der Waals surface area contributed by atoms with Crippen molar-refractivity contribution in [3.8, 4) is 0 Å². The highest BCUT2D eigenvalue weighted by Crippen LogP contribution is 2.13. The summed E-state index contributed by atoms with van der Waals surface area (Å²) in [6.07, 6.45) is -5.02. The number of hydrogen-bond donors (Lipinski definition) is 4. The number of aliphatic carboxylic acids is 2. The quantitative estimate of drug-likeness (QED) is 0.493. The Morgan fingerprint density at radius 1 is 1.12 bits per heavy atom. The van der Waals surface area contributed by atoms with Crippen molar-refractivity contribution in [3.63, 3.8) is 0 Å². The lowest BCUT2D eigenvalue weighted by atomic mass is 10.5. The first kappa shape index (κ1) is 16.6. The van der Waals surface area contributed by atoms with Gasteiger partial charge in [0, 0.05) is 0 Å². The molecule has 94 valence electrons. The van der Waals surface area contributed by atoms with Crippen LogP contribution >= 0.6 is 0 Å². The molecule has 0 bridgehead atoms. The molecule has 0 aliphatic rings. The molecule has 0 atom stereocenters. The first-order valence-electron chi connectivity index (χ1n) is 3.60. The second-order valence-electron chi connectivity index (χ2n) is 2.17. The smallest absolute Gasteiger partial charge is 0.471 e. The van der Waals surface area contributed by atoms with Crippen molar-refractivity contribution in [1.29, 1.82) is 0 Å². The summed E-state index contributed by atoms with van der Waals surface area (Å²) in [6.45, 7) is -1.31. The number of nitrogens with two attached hydrogens (primary N) is 1. The van der Waals surface area contributed by atoms with E-state index in [1.54, 1.807) is 0 Å². The maximum atomic E-state index is 11.3. The Morgan fingerprint density at radius 2 is 1.50 bits per heavy atom. The van der Waals surface area contributed by atoms with Crippen LogP contribution < -0.4 is 11.1 Å². The van der Waals surface area contributed by atoms with Crippen molar-refractivity contribution in [3.05, 3.63) is 0 Å². The van der Waals surface area contributed by atoms with Crippen LogP contribution in [-0.4, -0.2) is 47.3 Å². The lowest BCUT2D eigenvalue weighted by molar-refractivity contribution is -0.174. The summed E-state index contributed by atoms with van der Waals surface area (Å²) in [6, 6.07) is 0. The highest BCUT2D eigenvalue weighted by atomic mass is 19.4. The van der Waals surface area contributed by atoms with Gasteiger partial charge in [0.05, 0.1) is 6.54 Å². The molecule has 0 saturated heterocycles. The second-order valence-corrected chi connectivity index (χ2v) is 2.17. The van der Waals surface area contributed by atoms with Crippen molar-refractivity contribution in [2.45, 2.75) is 6.18 Å². The highest BCUT2D eigenvalue weighted by Gasteiger charge is 2.38. The number of rotatable bonds is 3. The van der Waals surface area contributed by atoms with Crippen molar-refractivity contribution < 1.29 is 37.8 Å². The molecule has 0 aromatic heterocycles. The third-order valence-corrected chi connectivity index (χ3v) is 0.832. The molecule has 16 heavy (non-hydrogen) atoms. The molecule has 0 radical (unpaired) electrons. The third kappa shape index (κ3) is 12.2. The molecule has 0 saturated carbocycles. The van der Waals surface area contributed by atoms with Gasteiger partial charge in [0.25, 0.3) is 0 Å². The van der Waals surface area contributed by atoms with E-state index in [1.807, 2.05) is 0 Å². The Kier molecular flexibility index (Phi) is 7.72. The molecule has 0 unspecified atom stereocenters. The van der Waals surface area contributed by atoms with Gasteiger partial charge in [-0.3, -0.25) is 14.4 Å². The molecular formula is C6H9F3N2O5.